The van der Waals surface area contributed by atoms with Crippen molar-refractivity contribution in [3.63, 3.8) is 0 Å². The minimum Gasteiger partial charge on any atom is -0.210 e. The van der Waals surface area contributed by atoms with E-state index in [0.717, 1.165) is 20.1 Å². The van der Waals surface area contributed by atoms with Gasteiger partial charge in [-0.15, -0.1) is 11.3 Å². The van der Waals surface area contributed by atoms with Crippen molar-refractivity contribution in [1.29, 1.82) is 0 Å². The second kappa shape index (κ2) is 5.05. The summed E-state index contributed by atoms with van der Waals surface area (Å²) in [6, 6.07) is 9.66. The molecule has 0 saturated heterocycles. The fourth-order valence-corrected chi connectivity index (χ4v) is 3.79. The van der Waals surface area contributed by atoms with Crippen LogP contribution in [0.4, 0.5) is 0 Å². The Morgan fingerprint density at radius 3 is 2.72 bits per heavy atom. The molecule has 2 heterocycles. The number of halogens is 2. The normalized spacial score (nSPS) is 11.0. The quantitative estimate of drug-likeness (QED) is 0.483. The van der Waals surface area contributed by atoms with E-state index in [2.05, 4.69) is 9.97 Å². The molecule has 0 N–H and O–H groups in total. The molecule has 0 saturated carbocycles. The molecule has 0 radical (unpaired) electrons. The fourth-order valence-electron chi connectivity index (χ4n) is 1.51. The number of rotatable bonds is 2. The summed E-state index contributed by atoms with van der Waals surface area (Å²) in [5.74, 6) is 0. The van der Waals surface area contributed by atoms with Gasteiger partial charge in [0.1, 0.15) is 9.86 Å². The minimum atomic E-state index is 0.263. The van der Waals surface area contributed by atoms with Gasteiger partial charge in [0.25, 0.3) is 0 Å². The zero-order valence-electron chi connectivity index (χ0n) is 8.93. The molecule has 0 unspecified atom stereocenters. The van der Waals surface area contributed by atoms with Crippen LogP contribution in [0.2, 0.25) is 10.3 Å². The highest BCUT2D eigenvalue weighted by molar-refractivity contribution is 7.99. The maximum absolute atomic E-state index is 6.14. The van der Waals surface area contributed by atoms with E-state index in [1.54, 1.807) is 11.3 Å². The van der Waals surface area contributed by atoms with E-state index in [4.69, 9.17) is 23.2 Å². The van der Waals surface area contributed by atoms with Crippen molar-refractivity contribution in [1.82, 2.24) is 9.97 Å². The minimum absolute atomic E-state index is 0.263. The van der Waals surface area contributed by atoms with Gasteiger partial charge in [-0.05, 0) is 35.2 Å². The van der Waals surface area contributed by atoms with Crippen LogP contribution in [0, 0.1) is 0 Å². The first-order valence-corrected chi connectivity index (χ1v) is 7.52. The van der Waals surface area contributed by atoms with E-state index < -0.39 is 0 Å². The molecule has 18 heavy (non-hydrogen) atoms. The molecular weight excluding hydrogens is 307 g/mol. The maximum Gasteiger partial charge on any atom is 0.224 e. The summed E-state index contributed by atoms with van der Waals surface area (Å²) >= 11 is 15.1. The van der Waals surface area contributed by atoms with Gasteiger partial charge in [0.05, 0.1) is 5.02 Å². The summed E-state index contributed by atoms with van der Waals surface area (Å²) in [5.41, 5.74) is 0. The zero-order chi connectivity index (χ0) is 12.5. The van der Waals surface area contributed by atoms with Crippen LogP contribution in [0.1, 0.15) is 0 Å². The van der Waals surface area contributed by atoms with Crippen molar-refractivity contribution < 1.29 is 0 Å². The van der Waals surface area contributed by atoms with Crippen molar-refractivity contribution in [3.8, 4) is 0 Å². The molecule has 90 valence electrons. The monoisotopic (exact) mass is 312 g/mol. The van der Waals surface area contributed by atoms with E-state index in [9.17, 15) is 0 Å². The van der Waals surface area contributed by atoms with E-state index >= 15 is 0 Å². The highest BCUT2D eigenvalue weighted by Gasteiger charge is 2.10. The number of aromatic nitrogens is 2. The summed E-state index contributed by atoms with van der Waals surface area (Å²) < 4.78 is 0. The third kappa shape index (κ3) is 2.34. The lowest BCUT2D eigenvalue weighted by atomic mass is 10.4. The second-order valence-electron chi connectivity index (χ2n) is 3.47. The molecule has 3 aromatic rings. The van der Waals surface area contributed by atoms with Gasteiger partial charge < -0.3 is 0 Å². The summed E-state index contributed by atoms with van der Waals surface area (Å²) in [6.07, 6.45) is 0. The second-order valence-corrected chi connectivity index (χ2v) is 6.14. The van der Waals surface area contributed by atoms with Crippen LogP contribution in [0.3, 0.4) is 0 Å². The predicted octanol–water partition coefficient (Wildman–Crippen LogP) is 5.15. The lowest BCUT2D eigenvalue weighted by molar-refractivity contribution is 1.11. The molecule has 0 atom stereocenters. The van der Waals surface area contributed by atoms with Gasteiger partial charge in [-0.1, -0.05) is 35.5 Å². The van der Waals surface area contributed by atoms with Crippen LogP contribution < -0.4 is 0 Å². The Balaban J connectivity index is 2.10. The smallest absolute Gasteiger partial charge is 0.210 e. The van der Waals surface area contributed by atoms with Crippen molar-refractivity contribution in [2.45, 2.75) is 9.92 Å². The SMILES string of the molecule is Clc1nc(Sc2ccccc2Cl)c2ccsc2n1. The number of nitrogens with zero attached hydrogens (tertiary/aromatic N) is 2. The van der Waals surface area contributed by atoms with Crippen LogP contribution in [-0.2, 0) is 0 Å². The number of benzene rings is 1. The van der Waals surface area contributed by atoms with Crippen molar-refractivity contribution in [2.24, 2.45) is 0 Å². The first-order valence-electron chi connectivity index (χ1n) is 5.07. The Hall–Kier alpha value is -0.810. The van der Waals surface area contributed by atoms with E-state index in [0.29, 0.717) is 5.02 Å². The highest BCUT2D eigenvalue weighted by Crippen LogP contribution is 2.37. The van der Waals surface area contributed by atoms with Gasteiger partial charge in [-0.25, -0.2) is 9.97 Å². The molecule has 0 aliphatic rings. The van der Waals surface area contributed by atoms with Crippen LogP contribution in [0.5, 0.6) is 0 Å². The molecule has 0 fully saturated rings. The Morgan fingerprint density at radius 2 is 1.89 bits per heavy atom. The zero-order valence-corrected chi connectivity index (χ0v) is 12.1. The molecule has 0 aliphatic heterocycles. The number of hydrogen-bond acceptors (Lipinski definition) is 4. The first-order chi connectivity index (χ1) is 8.74. The summed E-state index contributed by atoms with van der Waals surface area (Å²) in [6.45, 7) is 0. The molecule has 0 spiro atoms. The van der Waals surface area contributed by atoms with E-state index in [1.165, 1.54) is 11.8 Å². The predicted molar refractivity (Wildman–Crippen MR) is 78.0 cm³/mol. The van der Waals surface area contributed by atoms with Gasteiger partial charge in [0.15, 0.2) is 0 Å². The lowest BCUT2D eigenvalue weighted by Gasteiger charge is -2.04. The van der Waals surface area contributed by atoms with Gasteiger partial charge in [0, 0.05) is 10.3 Å². The largest absolute Gasteiger partial charge is 0.224 e. The standard InChI is InChI=1S/C12H6Cl2N2S2/c13-8-3-1-2-4-9(8)18-11-7-5-6-17-10(7)15-12(14)16-11/h1-6H. The third-order valence-electron chi connectivity index (χ3n) is 2.31. The average Bonchev–Trinajstić information content (AvgIpc) is 2.80. The topological polar surface area (TPSA) is 25.8 Å². The van der Waals surface area contributed by atoms with Crippen LogP contribution in [0.15, 0.2) is 45.6 Å². The maximum atomic E-state index is 6.14. The third-order valence-corrected chi connectivity index (χ3v) is 4.80. The average molecular weight is 313 g/mol. The van der Waals surface area contributed by atoms with Gasteiger partial charge in [0.2, 0.25) is 5.28 Å². The fraction of sp³-hybridized carbons (Fsp3) is 0. The first kappa shape index (κ1) is 12.2. The molecule has 2 nitrogen and oxygen atoms in total. The van der Waals surface area contributed by atoms with Crippen molar-refractivity contribution >= 4 is 56.5 Å². The Bertz CT molecular complexity index is 712. The Labute approximate surface area is 122 Å². The lowest BCUT2D eigenvalue weighted by Crippen LogP contribution is -1.86. The van der Waals surface area contributed by atoms with Gasteiger partial charge >= 0.3 is 0 Å². The number of fused-ring (bicyclic) bond motifs is 1. The van der Waals surface area contributed by atoms with Crippen LogP contribution >= 0.6 is 46.3 Å². The highest BCUT2D eigenvalue weighted by atomic mass is 35.5. The van der Waals surface area contributed by atoms with Gasteiger partial charge in [-0.3, -0.25) is 0 Å². The van der Waals surface area contributed by atoms with Crippen LogP contribution in [-0.4, -0.2) is 9.97 Å². The molecule has 1 aromatic carbocycles. The van der Waals surface area contributed by atoms with Gasteiger partial charge in [-0.2, -0.15) is 0 Å². The number of thiophene rings is 1. The molecule has 3 rings (SSSR count). The molecule has 6 heteroatoms. The van der Waals surface area contributed by atoms with E-state index in [1.807, 2.05) is 35.7 Å². The van der Waals surface area contributed by atoms with Crippen molar-refractivity contribution in [2.75, 3.05) is 0 Å². The summed E-state index contributed by atoms with van der Waals surface area (Å²) in [5, 5.41) is 4.79. The van der Waals surface area contributed by atoms with Crippen molar-refractivity contribution in [3.05, 3.63) is 46.0 Å². The van der Waals surface area contributed by atoms with E-state index in [-0.39, 0.29) is 5.28 Å². The Morgan fingerprint density at radius 1 is 1.06 bits per heavy atom. The van der Waals surface area contributed by atoms with Crippen LogP contribution in [0.25, 0.3) is 10.2 Å². The summed E-state index contributed by atoms with van der Waals surface area (Å²) in [7, 11) is 0. The molecule has 0 amide bonds. The summed E-state index contributed by atoms with van der Waals surface area (Å²) in [4.78, 5) is 10.3. The molecule has 0 bridgehead atoms. The molecular formula is C12H6Cl2N2S2. The Kier molecular flexibility index (Phi) is 3.43. The molecule has 2 aromatic heterocycles. The number of hydrogen-bond donors (Lipinski definition) is 0. The molecule has 0 aliphatic carbocycles.